The van der Waals surface area contributed by atoms with Gasteiger partial charge in [0.2, 0.25) is 0 Å². The van der Waals surface area contributed by atoms with Crippen LogP contribution in [0.2, 0.25) is 5.02 Å². The standard InChI is InChI=1S/C22H20ClFN2O4/c1-2-29-21-11-16(13-25-18-4-3-5-19(12-18)26(27)28)10-20(23)22(21)30-14-15-6-8-17(24)9-7-15/h3-12,25H,2,13-14H2,1H3. The van der Waals surface area contributed by atoms with Crippen LogP contribution in [0.3, 0.4) is 0 Å². The molecular weight excluding hydrogens is 411 g/mol. The van der Waals surface area contributed by atoms with Gasteiger partial charge in [0.15, 0.2) is 11.5 Å². The first-order chi connectivity index (χ1) is 14.5. The van der Waals surface area contributed by atoms with Gasteiger partial charge in [0, 0.05) is 24.4 Å². The highest BCUT2D eigenvalue weighted by atomic mass is 35.5. The normalized spacial score (nSPS) is 10.5. The predicted molar refractivity (Wildman–Crippen MR) is 114 cm³/mol. The molecule has 0 unspecified atom stereocenters. The Kier molecular flexibility index (Phi) is 7.08. The predicted octanol–water partition coefficient (Wildman–Crippen LogP) is 5.98. The maximum atomic E-state index is 13.1. The van der Waals surface area contributed by atoms with Crippen molar-refractivity contribution in [1.29, 1.82) is 0 Å². The number of nitro benzene ring substituents is 1. The quantitative estimate of drug-likeness (QED) is 0.334. The van der Waals surface area contributed by atoms with Crippen molar-refractivity contribution in [2.45, 2.75) is 20.1 Å². The summed E-state index contributed by atoms with van der Waals surface area (Å²) >= 11 is 6.43. The molecule has 0 saturated carbocycles. The number of ether oxygens (including phenoxy) is 2. The maximum absolute atomic E-state index is 13.1. The zero-order valence-electron chi connectivity index (χ0n) is 16.2. The molecule has 156 valence electrons. The van der Waals surface area contributed by atoms with Crippen molar-refractivity contribution in [1.82, 2.24) is 0 Å². The number of non-ortho nitro benzene ring substituents is 1. The summed E-state index contributed by atoms with van der Waals surface area (Å²) in [5, 5.41) is 14.4. The van der Waals surface area contributed by atoms with Crippen molar-refractivity contribution < 1.29 is 18.8 Å². The van der Waals surface area contributed by atoms with Crippen molar-refractivity contribution in [3.05, 3.63) is 92.7 Å². The number of hydrogen-bond acceptors (Lipinski definition) is 5. The highest BCUT2D eigenvalue weighted by Gasteiger charge is 2.14. The molecule has 1 N–H and O–H groups in total. The molecule has 0 saturated heterocycles. The lowest BCUT2D eigenvalue weighted by atomic mass is 10.2. The summed E-state index contributed by atoms with van der Waals surface area (Å²) in [7, 11) is 0. The molecule has 6 nitrogen and oxygen atoms in total. The van der Waals surface area contributed by atoms with E-state index in [1.54, 1.807) is 36.4 Å². The Hall–Kier alpha value is -3.32. The van der Waals surface area contributed by atoms with Crippen LogP contribution in [-0.2, 0) is 13.2 Å². The van der Waals surface area contributed by atoms with E-state index in [-0.39, 0.29) is 18.1 Å². The monoisotopic (exact) mass is 430 g/mol. The molecule has 3 aromatic rings. The zero-order valence-corrected chi connectivity index (χ0v) is 17.0. The van der Waals surface area contributed by atoms with E-state index in [9.17, 15) is 14.5 Å². The smallest absolute Gasteiger partial charge is 0.271 e. The lowest BCUT2D eigenvalue weighted by Gasteiger charge is -2.16. The molecular formula is C22H20ClFN2O4. The Bertz CT molecular complexity index is 1030. The van der Waals surface area contributed by atoms with Crippen molar-refractivity contribution in [3.8, 4) is 11.5 Å². The molecule has 30 heavy (non-hydrogen) atoms. The van der Waals surface area contributed by atoms with E-state index in [4.69, 9.17) is 21.1 Å². The third kappa shape index (κ3) is 5.61. The number of halogens is 2. The van der Waals surface area contributed by atoms with E-state index in [0.717, 1.165) is 11.1 Å². The number of benzene rings is 3. The van der Waals surface area contributed by atoms with Crippen molar-refractivity contribution in [2.24, 2.45) is 0 Å². The van der Waals surface area contributed by atoms with Gasteiger partial charge in [-0.05, 0) is 48.4 Å². The summed E-state index contributed by atoms with van der Waals surface area (Å²) in [5.41, 5.74) is 2.25. The van der Waals surface area contributed by atoms with Crippen LogP contribution in [-0.4, -0.2) is 11.5 Å². The zero-order chi connectivity index (χ0) is 21.5. The SMILES string of the molecule is CCOc1cc(CNc2cccc([N+](=O)[O-])c2)cc(Cl)c1OCc1ccc(F)cc1. The second-order valence-corrected chi connectivity index (χ2v) is 6.82. The van der Waals surface area contributed by atoms with Gasteiger partial charge < -0.3 is 14.8 Å². The van der Waals surface area contributed by atoms with Gasteiger partial charge in [-0.15, -0.1) is 0 Å². The number of nitrogens with zero attached hydrogens (tertiary/aromatic N) is 1. The molecule has 3 aromatic carbocycles. The lowest BCUT2D eigenvalue weighted by Crippen LogP contribution is -2.04. The highest BCUT2D eigenvalue weighted by Crippen LogP contribution is 2.37. The molecule has 0 aromatic heterocycles. The molecule has 3 rings (SSSR count). The molecule has 0 radical (unpaired) electrons. The highest BCUT2D eigenvalue weighted by molar-refractivity contribution is 6.32. The summed E-state index contributed by atoms with van der Waals surface area (Å²) in [6, 6.07) is 15.8. The van der Waals surface area contributed by atoms with Crippen LogP contribution in [0.25, 0.3) is 0 Å². The largest absolute Gasteiger partial charge is 0.490 e. The Balaban J connectivity index is 1.74. The van der Waals surface area contributed by atoms with Crippen LogP contribution < -0.4 is 14.8 Å². The fourth-order valence-corrected chi connectivity index (χ4v) is 3.08. The van der Waals surface area contributed by atoms with E-state index >= 15 is 0 Å². The lowest BCUT2D eigenvalue weighted by molar-refractivity contribution is -0.384. The molecule has 0 aliphatic rings. The minimum atomic E-state index is -0.442. The van der Waals surface area contributed by atoms with Crippen LogP contribution in [0.5, 0.6) is 11.5 Å². The van der Waals surface area contributed by atoms with Gasteiger partial charge in [-0.2, -0.15) is 0 Å². The van der Waals surface area contributed by atoms with E-state index in [2.05, 4.69) is 5.32 Å². The Labute approximate surface area is 178 Å². The topological polar surface area (TPSA) is 73.6 Å². The second-order valence-electron chi connectivity index (χ2n) is 6.41. The Morgan fingerprint density at radius 1 is 1.07 bits per heavy atom. The van der Waals surface area contributed by atoms with Gasteiger partial charge in [-0.3, -0.25) is 10.1 Å². The first-order valence-electron chi connectivity index (χ1n) is 9.27. The summed E-state index contributed by atoms with van der Waals surface area (Å²) in [6.07, 6.45) is 0. The third-order valence-corrected chi connectivity index (χ3v) is 4.50. The molecule has 0 amide bonds. The van der Waals surface area contributed by atoms with Crippen LogP contribution in [0, 0.1) is 15.9 Å². The number of nitro groups is 1. The average Bonchev–Trinajstić information content (AvgIpc) is 2.73. The van der Waals surface area contributed by atoms with Gasteiger partial charge in [0.25, 0.3) is 5.69 Å². The van der Waals surface area contributed by atoms with Gasteiger partial charge in [-0.25, -0.2) is 4.39 Å². The molecule has 0 bridgehead atoms. The van der Waals surface area contributed by atoms with E-state index in [1.165, 1.54) is 24.3 Å². The Morgan fingerprint density at radius 3 is 2.53 bits per heavy atom. The van der Waals surface area contributed by atoms with E-state index < -0.39 is 4.92 Å². The van der Waals surface area contributed by atoms with Crippen LogP contribution >= 0.6 is 11.6 Å². The Morgan fingerprint density at radius 2 is 1.83 bits per heavy atom. The minimum Gasteiger partial charge on any atom is -0.490 e. The maximum Gasteiger partial charge on any atom is 0.271 e. The molecule has 0 spiro atoms. The summed E-state index contributed by atoms with van der Waals surface area (Å²) in [6.45, 7) is 2.88. The molecule has 0 atom stereocenters. The van der Waals surface area contributed by atoms with Crippen LogP contribution in [0.15, 0.2) is 60.7 Å². The van der Waals surface area contributed by atoms with Gasteiger partial charge >= 0.3 is 0 Å². The fourth-order valence-electron chi connectivity index (χ4n) is 2.80. The number of rotatable bonds is 9. The molecule has 8 heteroatoms. The van der Waals surface area contributed by atoms with E-state index in [0.29, 0.717) is 35.4 Å². The first kappa shape index (κ1) is 21.4. The molecule has 0 aliphatic carbocycles. The van der Waals surface area contributed by atoms with E-state index in [1.807, 2.05) is 6.92 Å². The third-order valence-electron chi connectivity index (χ3n) is 4.22. The summed E-state index contributed by atoms with van der Waals surface area (Å²) in [4.78, 5) is 10.5. The minimum absolute atomic E-state index is 0.0116. The van der Waals surface area contributed by atoms with Crippen molar-refractivity contribution >= 4 is 23.0 Å². The second kappa shape index (κ2) is 9.93. The number of anilines is 1. The molecule has 0 fully saturated rings. The van der Waals surface area contributed by atoms with Gasteiger partial charge in [0.05, 0.1) is 16.6 Å². The first-order valence-corrected chi connectivity index (χ1v) is 9.65. The molecule has 0 aliphatic heterocycles. The van der Waals surface area contributed by atoms with Gasteiger partial charge in [-0.1, -0.05) is 29.8 Å². The van der Waals surface area contributed by atoms with Crippen LogP contribution in [0.4, 0.5) is 15.8 Å². The fraction of sp³-hybridized carbons (Fsp3) is 0.182. The molecule has 0 heterocycles. The van der Waals surface area contributed by atoms with Crippen molar-refractivity contribution in [3.63, 3.8) is 0 Å². The number of hydrogen-bond donors (Lipinski definition) is 1. The average molecular weight is 431 g/mol. The summed E-state index contributed by atoms with van der Waals surface area (Å²) < 4.78 is 24.6. The van der Waals surface area contributed by atoms with Gasteiger partial charge in [0.1, 0.15) is 12.4 Å². The number of nitrogens with one attached hydrogen (secondary N) is 1. The summed E-state index contributed by atoms with van der Waals surface area (Å²) in [5.74, 6) is 0.581. The van der Waals surface area contributed by atoms with Crippen molar-refractivity contribution in [2.75, 3.05) is 11.9 Å². The van der Waals surface area contributed by atoms with Crippen LogP contribution in [0.1, 0.15) is 18.1 Å².